The van der Waals surface area contributed by atoms with Crippen LogP contribution in [-0.4, -0.2) is 45.0 Å². The van der Waals surface area contributed by atoms with Crippen molar-refractivity contribution in [3.8, 4) is 11.4 Å². The average Bonchev–Trinajstić information content (AvgIpc) is 2.98. The Morgan fingerprint density at radius 3 is 3.16 bits per heavy atom. The standard InChI is InChI=1S/C12H17N7/c13-6-9-2-1-5-19(8-9)12-16-11(17-18-12)10-3-4-14-15-7-10/h3-4,7,9H,1-2,5-6,8,13H2,(H,16,17,18). The Kier molecular flexibility index (Phi) is 3.37. The second-order valence-electron chi connectivity index (χ2n) is 4.81. The number of nitrogens with zero attached hydrogens (tertiary/aromatic N) is 5. The maximum absolute atomic E-state index is 5.75. The predicted molar refractivity (Wildman–Crippen MR) is 71.4 cm³/mol. The second-order valence-corrected chi connectivity index (χ2v) is 4.81. The average molecular weight is 259 g/mol. The summed E-state index contributed by atoms with van der Waals surface area (Å²) in [6, 6.07) is 1.86. The Morgan fingerprint density at radius 1 is 1.42 bits per heavy atom. The summed E-state index contributed by atoms with van der Waals surface area (Å²) in [4.78, 5) is 6.71. The van der Waals surface area contributed by atoms with Gasteiger partial charge in [-0.3, -0.25) is 5.10 Å². The molecule has 7 nitrogen and oxygen atoms in total. The van der Waals surface area contributed by atoms with Crippen LogP contribution in [0.15, 0.2) is 18.5 Å². The van der Waals surface area contributed by atoms with Gasteiger partial charge in [0.2, 0.25) is 5.95 Å². The number of H-pyrrole nitrogens is 1. The first-order chi connectivity index (χ1) is 9.36. The van der Waals surface area contributed by atoms with Gasteiger partial charge in [-0.1, -0.05) is 0 Å². The lowest BCUT2D eigenvalue weighted by Crippen LogP contribution is -2.38. The van der Waals surface area contributed by atoms with Gasteiger partial charge in [0.15, 0.2) is 5.82 Å². The zero-order chi connectivity index (χ0) is 13.1. The van der Waals surface area contributed by atoms with E-state index >= 15 is 0 Å². The fourth-order valence-electron chi connectivity index (χ4n) is 2.39. The highest BCUT2D eigenvalue weighted by Gasteiger charge is 2.21. The molecule has 3 rings (SSSR count). The molecule has 0 saturated carbocycles. The number of aromatic nitrogens is 5. The van der Waals surface area contributed by atoms with Crippen LogP contribution in [-0.2, 0) is 0 Å². The summed E-state index contributed by atoms with van der Waals surface area (Å²) in [5, 5.41) is 14.8. The third-order valence-electron chi connectivity index (χ3n) is 3.47. The van der Waals surface area contributed by atoms with Gasteiger partial charge < -0.3 is 10.6 Å². The van der Waals surface area contributed by atoms with Crippen LogP contribution in [0, 0.1) is 5.92 Å². The van der Waals surface area contributed by atoms with Crippen molar-refractivity contribution in [3.05, 3.63) is 18.5 Å². The van der Waals surface area contributed by atoms with Crippen molar-refractivity contribution < 1.29 is 0 Å². The lowest BCUT2D eigenvalue weighted by molar-refractivity contribution is 0.420. The van der Waals surface area contributed by atoms with Gasteiger partial charge in [0, 0.05) is 18.7 Å². The Morgan fingerprint density at radius 2 is 2.37 bits per heavy atom. The Labute approximate surface area is 111 Å². The second kappa shape index (κ2) is 5.31. The van der Waals surface area contributed by atoms with E-state index in [1.54, 1.807) is 12.4 Å². The summed E-state index contributed by atoms with van der Waals surface area (Å²) < 4.78 is 0. The zero-order valence-electron chi connectivity index (χ0n) is 10.7. The maximum atomic E-state index is 5.75. The van der Waals surface area contributed by atoms with Gasteiger partial charge in [0.05, 0.1) is 12.4 Å². The number of rotatable bonds is 3. The van der Waals surface area contributed by atoms with E-state index in [0.717, 1.165) is 43.4 Å². The Bertz CT molecular complexity index is 524. The van der Waals surface area contributed by atoms with Gasteiger partial charge in [0.1, 0.15) is 0 Å². The molecule has 1 fully saturated rings. The normalized spacial score (nSPS) is 19.6. The molecular formula is C12H17N7. The smallest absolute Gasteiger partial charge is 0.245 e. The number of hydrogen-bond acceptors (Lipinski definition) is 6. The largest absolute Gasteiger partial charge is 0.339 e. The molecule has 1 aliphatic heterocycles. The summed E-state index contributed by atoms with van der Waals surface area (Å²) >= 11 is 0. The molecule has 0 radical (unpaired) electrons. The number of nitrogens with one attached hydrogen (secondary N) is 1. The van der Waals surface area contributed by atoms with Crippen molar-refractivity contribution in [2.24, 2.45) is 11.7 Å². The molecule has 19 heavy (non-hydrogen) atoms. The summed E-state index contributed by atoms with van der Waals surface area (Å²) in [5.41, 5.74) is 6.64. The third kappa shape index (κ3) is 2.55. The first kappa shape index (κ1) is 12.0. The Balaban J connectivity index is 1.78. The summed E-state index contributed by atoms with van der Waals surface area (Å²) in [6.07, 6.45) is 5.65. The molecule has 3 N–H and O–H groups in total. The minimum atomic E-state index is 0.540. The molecule has 1 saturated heterocycles. The molecule has 2 aromatic rings. The predicted octanol–water partition coefficient (Wildman–Crippen LogP) is 0.437. The highest BCUT2D eigenvalue weighted by molar-refractivity contribution is 5.54. The van der Waals surface area contributed by atoms with Crippen LogP contribution in [0.2, 0.25) is 0 Å². The van der Waals surface area contributed by atoms with Gasteiger partial charge in [-0.25, -0.2) is 0 Å². The van der Waals surface area contributed by atoms with E-state index < -0.39 is 0 Å². The molecule has 1 aliphatic rings. The molecule has 0 bridgehead atoms. The molecule has 1 atom stereocenters. The molecule has 0 aliphatic carbocycles. The van der Waals surface area contributed by atoms with E-state index in [4.69, 9.17) is 5.73 Å². The van der Waals surface area contributed by atoms with E-state index in [2.05, 4.69) is 30.3 Å². The minimum absolute atomic E-state index is 0.540. The van der Waals surface area contributed by atoms with E-state index in [-0.39, 0.29) is 0 Å². The molecule has 3 heterocycles. The highest BCUT2D eigenvalue weighted by atomic mass is 15.4. The number of nitrogens with two attached hydrogens (primary N) is 1. The van der Waals surface area contributed by atoms with Crippen LogP contribution in [0.25, 0.3) is 11.4 Å². The van der Waals surface area contributed by atoms with Crippen LogP contribution in [0.4, 0.5) is 5.95 Å². The molecule has 100 valence electrons. The SMILES string of the molecule is NCC1CCCN(c2n[nH]c(-c3ccnnc3)n2)C1. The van der Waals surface area contributed by atoms with Crippen molar-refractivity contribution >= 4 is 5.95 Å². The van der Waals surface area contributed by atoms with Gasteiger partial charge in [-0.2, -0.15) is 15.2 Å². The van der Waals surface area contributed by atoms with Crippen LogP contribution in [0.5, 0.6) is 0 Å². The fourth-order valence-corrected chi connectivity index (χ4v) is 2.39. The van der Waals surface area contributed by atoms with Crippen molar-refractivity contribution in [1.29, 1.82) is 0 Å². The summed E-state index contributed by atoms with van der Waals surface area (Å²) in [5.74, 6) is 2.00. The lowest BCUT2D eigenvalue weighted by Gasteiger charge is -2.31. The first-order valence-corrected chi connectivity index (χ1v) is 6.51. The van der Waals surface area contributed by atoms with E-state index in [0.29, 0.717) is 5.92 Å². The molecule has 0 aromatic carbocycles. The molecule has 1 unspecified atom stereocenters. The Hall–Kier alpha value is -2.02. The van der Waals surface area contributed by atoms with Crippen molar-refractivity contribution in [2.75, 3.05) is 24.5 Å². The third-order valence-corrected chi connectivity index (χ3v) is 3.47. The maximum Gasteiger partial charge on any atom is 0.245 e. The number of aromatic amines is 1. The van der Waals surface area contributed by atoms with Crippen molar-refractivity contribution in [1.82, 2.24) is 25.4 Å². The van der Waals surface area contributed by atoms with Crippen LogP contribution in [0.1, 0.15) is 12.8 Å². The lowest BCUT2D eigenvalue weighted by atomic mass is 9.99. The monoisotopic (exact) mass is 259 g/mol. The molecule has 0 spiro atoms. The van der Waals surface area contributed by atoms with Gasteiger partial charge >= 0.3 is 0 Å². The van der Waals surface area contributed by atoms with E-state index in [9.17, 15) is 0 Å². The molecule has 2 aromatic heterocycles. The fraction of sp³-hybridized carbons (Fsp3) is 0.500. The zero-order valence-corrected chi connectivity index (χ0v) is 10.7. The number of piperidine rings is 1. The number of hydrogen-bond donors (Lipinski definition) is 2. The van der Waals surface area contributed by atoms with E-state index in [1.807, 2.05) is 6.07 Å². The molecule has 0 amide bonds. The van der Waals surface area contributed by atoms with Crippen LogP contribution in [0.3, 0.4) is 0 Å². The van der Waals surface area contributed by atoms with E-state index in [1.165, 1.54) is 6.42 Å². The molecular weight excluding hydrogens is 242 g/mol. The van der Waals surface area contributed by atoms with Gasteiger partial charge in [-0.05, 0) is 31.4 Å². The van der Waals surface area contributed by atoms with Crippen molar-refractivity contribution in [2.45, 2.75) is 12.8 Å². The summed E-state index contributed by atoms with van der Waals surface area (Å²) in [7, 11) is 0. The topological polar surface area (TPSA) is 96.6 Å². The first-order valence-electron chi connectivity index (χ1n) is 6.51. The van der Waals surface area contributed by atoms with Crippen LogP contribution < -0.4 is 10.6 Å². The van der Waals surface area contributed by atoms with Crippen LogP contribution >= 0.6 is 0 Å². The highest BCUT2D eigenvalue weighted by Crippen LogP contribution is 2.21. The summed E-state index contributed by atoms with van der Waals surface area (Å²) in [6.45, 7) is 2.65. The molecule has 7 heteroatoms. The van der Waals surface area contributed by atoms with Gasteiger partial charge in [0.25, 0.3) is 0 Å². The van der Waals surface area contributed by atoms with Gasteiger partial charge in [-0.15, -0.1) is 5.10 Å². The quantitative estimate of drug-likeness (QED) is 0.830. The minimum Gasteiger partial charge on any atom is -0.339 e. The number of anilines is 1. The van der Waals surface area contributed by atoms with Crippen molar-refractivity contribution in [3.63, 3.8) is 0 Å².